The summed E-state index contributed by atoms with van der Waals surface area (Å²) in [6.45, 7) is 1.97. The van der Waals surface area contributed by atoms with Gasteiger partial charge in [0.1, 0.15) is 28.7 Å². The van der Waals surface area contributed by atoms with Gasteiger partial charge in [0.05, 0.1) is 19.2 Å². The summed E-state index contributed by atoms with van der Waals surface area (Å²) in [7, 11) is 1.54. The van der Waals surface area contributed by atoms with Crippen molar-refractivity contribution in [1.29, 1.82) is 0 Å². The number of aryl methyl sites for hydroxylation is 1. The van der Waals surface area contributed by atoms with Crippen LogP contribution in [0.4, 0.5) is 0 Å². The van der Waals surface area contributed by atoms with E-state index in [2.05, 4.69) is 21.5 Å². The fourth-order valence-electron chi connectivity index (χ4n) is 9.60. The van der Waals surface area contributed by atoms with Gasteiger partial charge < -0.3 is 18.9 Å². The van der Waals surface area contributed by atoms with E-state index >= 15 is 0 Å². The molecule has 2 atom stereocenters. The normalized spacial score (nSPS) is 14.1. The highest BCUT2D eigenvalue weighted by molar-refractivity contribution is 7.94. The van der Waals surface area contributed by atoms with Gasteiger partial charge in [0.2, 0.25) is 0 Å². The van der Waals surface area contributed by atoms with Crippen LogP contribution in [0, 0.1) is 6.92 Å². The molecule has 0 aliphatic heterocycles. The molecule has 2 aliphatic rings. The molecule has 368 valence electrons. The Morgan fingerprint density at radius 3 is 1.31 bits per heavy atom. The fraction of sp³-hybridized carbons (Fsp3) is 0.0794. The van der Waals surface area contributed by atoms with Crippen LogP contribution < -0.4 is 18.9 Å². The van der Waals surface area contributed by atoms with Crippen molar-refractivity contribution < 1.29 is 52.8 Å². The van der Waals surface area contributed by atoms with Crippen LogP contribution in [0.25, 0.3) is 10.8 Å². The van der Waals surface area contributed by atoms with Gasteiger partial charge in [-0.3, -0.25) is 19.2 Å². The Kier molecular flexibility index (Phi) is 13.5. The Balaban J connectivity index is 0.727. The summed E-state index contributed by atoms with van der Waals surface area (Å²) >= 11 is 0.858. The maximum absolute atomic E-state index is 13.8. The van der Waals surface area contributed by atoms with Gasteiger partial charge in [-0.2, -0.15) is 0 Å². The van der Waals surface area contributed by atoms with Crippen molar-refractivity contribution in [3.05, 3.63) is 261 Å². The molecule has 2 unspecified atom stereocenters. The number of hydrogen-bond acceptors (Lipinski definition) is 12. The molecule has 0 radical (unpaired) electrons. The minimum absolute atomic E-state index is 0.0975. The molecule has 11 nitrogen and oxygen atoms in total. The van der Waals surface area contributed by atoms with Crippen molar-refractivity contribution >= 4 is 45.9 Å². The number of hydrogen-bond donors (Lipinski definition) is 1. The van der Waals surface area contributed by atoms with E-state index in [-0.39, 0.29) is 35.0 Å². The molecule has 75 heavy (non-hydrogen) atoms. The monoisotopic (exact) mass is 1010 g/mol. The smallest absolute Gasteiger partial charge is 0.193 e. The third-order valence-electron chi connectivity index (χ3n) is 13.4. The molecule has 2 bridgehead atoms. The SMILES string of the molecule is COc1cc2cc(SOOO)ccc2cc1Oc1ccc(C(=O)c2cccc(C(=O)c3ccc(Oc4ccc(Oc5ccc(C(=O)c6ccc(C(=O)c7ccc(C)cc7)cc6)cc5)c5c4C4C=CC5C4)cc3)c2)cc1. The standard InChI is InChI=1S/C63H44O11S/c1-37-6-8-38(9-7-37)60(64)39-10-12-40(13-11-39)61(65)41-16-23-50(24-17-41)70-54-30-31-55(59-46-15-14-45(32-46)58(54)59)71-51-25-18-42(19-26-51)62(66)47-4-3-5-48(33-47)63(67)43-20-27-52(28-21-43)72-57-35-44-22-29-53(75-74-73-68)34-49(44)36-56(57)69-2/h3-31,33-36,45-46,68H,32H2,1-2H3. The first kappa shape index (κ1) is 48.4. The second-order valence-electron chi connectivity index (χ2n) is 18.2. The maximum Gasteiger partial charge on any atom is 0.193 e. The predicted molar refractivity (Wildman–Crippen MR) is 284 cm³/mol. The van der Waals surface area contributed by atoms with Gasteiger partial charge in [0.15, 0.2) is 34.6 Å². The summed E-state index contributed by atoms with van der Waals surface area (Å²) in [5.74, 6) is 3.61. The zero-order valence-electron chi connectivity index (χ0n) is 40.4. The van der Waals surface area contributed by atoms with Gasteiger partial charge in [-0.15, -0.1) is 4.33 Å². The van der Waals surface area contributed by atoms with Crippen LogP contribution in [0.15, 0.2) is 205 Å². The van der Waals surface area contributed by atoms with E-state index < -0.39 is 0 Å². The van der Waals surface area contributed by atoms with Crippen molar-refractivity contribution in [2.75, 3.05) is 7.11 Å². The Hall–Kier alpha value is -8.91. The van der Waals surface area contributed by atoms with E-state index in [1.54, 1.807) is 147 Å². The third kappa shape index (κ3) is 10.1. The number of carbonyl (C=O) groups is 4. The quantitative estimate of drug-likeness (QED) is 0.0287. The Labute approximate surface area is 435 Å². The highest BCUT2D eigenvalue weighted by Gasteiger charge is 2.38. The molecule has 9 aromatic carbocycles. The van der Waals surface area contributed by atoms with Crippen molar-refractivity contribution in [3.8, 4) is 40.2 Å². The molecule has 2 aliphatic carbocycles. The summed E-state index contributed by atoms with van der Waals surface area (Å²) in [6.07, 6.45) is 5.32. The largest absolute Gasteiger partial charge is 0.493 e. The molecule has 0 spiro atoms. The van der Waals surface area contributed by atoms with Crippen LogP contribution >= 0.6 is 12.0 Å². The first-order valence-electron chi connectivity index (χ1n) is 24.0. The third-order valence-corrected chi connectivity index (χ3v) is 14.0. The molecule has 0 saturated heterocycles. The van der Waals surface area contributed by atoms with Crippen LogP contribution in [0.3, 0.4) is 0 Å². The second-order valence-corrected chi connectivity index (χ2v) is 19.0. The molecule has 0 aromatic heterocycles. The van der Waals surface area contributed by atoms with Crippen molar-refractivity contribution in [2.24, 2.45) is 0 Å². The van der Waals surface area contributed by atoms with Gasteiger partial charge in [-0.25, -0.2) is 5.26 Å². The first-order chi connectivity index (χ1) is 36.6. The number of ketones is 4. The number of rotatable bonds is 18. The second kappa shape index (κ2) is 20.9. The molecule has 12 heteroatoms. The number of ether oxygens (including phenoxy) is 4. The molecular weight excluding hydrogens is 965 g/mol. The van der Waals surface area contributed by atoms with Crippen molar-refractivity contribution in [3.63, 3.8) is 0 Å². The fourth-order valence-corrected chi connectivity index (χ4v) is 10.0. The summed E-state index contributed by atoms with van der Waals surface area (Å²) in [6, 6.07) is 54.6. The molecule has 0 saturated carbocycles. The molecule has 0 heterocycles. The minimum Gasteiger partial charge on any atom is -0.493 e. The number of allylic oxidation sites excluding steroid dienone is 2. The van der Waals surface area contributed by atoms with E-state index in [1.807, 2.05) is 55.5 Å². The van der Waals surface area contributed by atoms with Gasteiger partial charge in [0, 0.05) is 72.4 Å². The van der Waals surface area contributed by atoms with Crippen molar-refractivity contribution in [1.82, 2.24) is 0 Å². The van der Waals surface area contributed by atoms with Crippen LogP contribution in [-0.4, -0.2) is 35.5 Å². The van der Waals surface area contributed by atoms with E-state index in [1.165, 1.54) is 0 Å². The van der Waals surface area contributed by atoms with E-state index in [0.29, 0.717) is 89.6 Å². The van der Waals surface area contributed by atoms with Crippen LogP contribution in [-0.2, 0) is 9.37 Å². The molecule has 0 amide bonds. The number of benzene rings is 9. The number of methoxy groups -OCH3 is 1. The van der Waals surface area contributed by atoms with Crippen LogP contribution in [0.1, 0.15) is 98.6 Å². The molecule has 9 aromatic rings. The van der Waals surface area contributed by atoms with Gasteiger partial charge in [-0.1, -0.05) is 95.6 Å². The predicted octanol–water partition coefficient (Wildman–Crippen LogP) is 15.0. The summed E-state index contributed by atoms with van der Waals surface area (Å²) in [5, 5.41) is 13.9. The number of carbonyl (C=O) groups excluding carboxylic acids is 4. The average Bonchev–Trinajstić information content (AvgIpc) is 4.09. The molecular formula is C63H44O11S. The van der Waals surface area contributed by atoms with Crippen molar-refractivity contribution in [2.45, 2.75) is 30.1 Å². The summed E-state index contributed by atoms with van der Waals surface area (Å²) in [5.41, 5.74) is 6.88. The topological polar surface area (TPSA) is 144 Å². The van der Waals surface area contributed by atoms with Gasteiger partial charge >= 0.3 is 0 Å². The zero-order chi connectivity index (χ0) is 51.6. The van der Waals surface area contributed by atoms with E-state index in [9.17, 15) is 19.2 Å². The average molecular weight is 1010 g/mol. The molecule has 0 fully saturated rings. The Morgan fingerprint density at radius 1 is 0.440 bits per heavy atom. The van der Waals surface area contributed by atoms with Crippen LogP contribution in [0.5, 0.6) is 40.2 Å². The molecule has 1 N–H and O–H groups in total. The van der Waals surface area contributed by atoms with Crippen LogP contribution in [0.2, 0.25) is 0 Å². The Morgan fingerprint density at radius 2 is 0.853 bits per heavy atom. The molecule has 11 rings (SSSR count). The Bertz CT molecular complexity index is 3700. The minimum atomic E-state index is -0.252. The lowest BCUT2D eigenvalue weighted by molar-refractivity contribution is -0.432. The lowest BCUT2D eigenvalue weighted by Gasteiger charge is -2.20. The maximum atomic E-state index is 13.8. The van der Waals surface area contributed by atoms with E-state index in [4.69, 9.17) is 24.2 Å². The lowest BCUT2D eigenvalue weighted by Crippen LogP contribution is -2.06. The van der Waals surface area contributed by atoms with Gasteiger partial charge in [-0.05, 0) is 139 Å². The highest BCUT2D eigenvalue weighted by atomic mass is 32.2. The summed E-state index contributed by atoms with van der Waals surface area (Å²) in [4.78, 5) is 54.6. The number of fused-ring (bicyclic) bond motifs is 6. The van der Waals surface area contributed by atoms with Gasteiger partial charge in [0.25, 0.3) is 0 Å². The summed E-state index contributed by atoms with van der Waals surface area (Å²) < 4.78 is 29.3. The zero-order valence-corrected chi connectivity index (χ0v) is 41.2. The highest BCUT2D eigenvalue weighted by Crippen LogP contribution is 2.56. The van der Waals surface area contributed by atoms with E-state index in [0.717, 1.165) is 45.9 Å². The first-order valence-corrected chi connectivity index (χ1v) is 24.7. The lowest BCUT2D eigenvalue weighted by atomic mass is 9.95.